The number of ether oxygens (including phenoxy) is 2. The van der Waals surface area contributed by atoms with Crippen molar-refractivity contribution in [3.8, 4) is 5.75 Å². The van der Waals surface area contributed by atoms with Crippen LogP contribution in [0.15, 0.2) is 30.3 Å². The van der Waals surface area contributed by atoms with E-state index in [4.69, 9.17) is 9.47 Å². The molecule has 1 aromatic carbocycles. The zero-order chi connectivity index (χ0) is 14.0. The first-order valence-corrected chi connectivity index (χ1v) is 7.52. The number of nitrogens with one attached hydrogen (secondary N) is 1. The van der Waals surface area contributed by atoms with Gasteiger partial charge in [0, 0.05) is 6.54 Å². The van der Waals surface area contributed by atoms with Crippen LogP contribution in [-0.2, 0) is 11.3 Å². The van der Waals surface area contributed by atoms with E-state index in [0.717, 1.165) is 28.9 Å². The van der Waals surface area contributed by atoms with Crippen molar-refractivity contribution >= 4 is 16.5 Å². The highest BCUT2D eigenvalue weighted by atomic mass is 32.1. The van der Waals surface area contributed by atoms with Crippen LogP contribution in [0.5, 0.6) is 5.75 Å². The molecule has 5 nitrogen and oxygen atoms in total. The van der Waals surface area contributed by atoms with Gasteiger partial charge in [0.05, 0.1) is 6.61 Å². The quantitative estimate of drug-likeness (QED) is 0.720. The lowest BCUT2D eigenvalue weighted by atomic mass is 10.3. The molecule has 0 saturated carbocycles. The summed E-state index contributed by atoms with van der Waals surface area (Å²) in [5.74, 6) is 0.859. The first-order valence-electron chi connectivity index (χ1n) is 6.70. The predicted octanol–water partition coefficient (Wildman–Crippen LogP) is 2.96. The first-order chi connectivity index (χ1) is 9.88. The minimum Gasteiger partial charge on any atom is -0.491 e. The summed E-state index contributed by atoms with van der Waals surface area (Å²) in [5, 5.41) is 13.0. The minimum atomic E-state index is 0.476. The van der Waals surface area contributed by atoms with Crippen LogP contribution in [0.1, 0.15) is 18.4 Å². The Morgan fingerprint density at radius 1 is 1.15 bits per heavy atom. The van der Waals surface area contributed by atoms with Crippen molar-refractivity contribution in [3.63, 3.8) is 0 Å². The third-order valence-corrected chi connectivity index (χ3v) is 3.31. The normalized spacial score (nSPS) is 10.4. The molecular formula is C14H19N3O2S. The highest BCUT2D eigenvalue weighted by Gasteiger charge is 2.03. The van der Waals surface area contributed by atoms with E-state index in [1.54, 1.807) is 0 Å². The molecule has 108 valence electrons. The van der Waals surface area contributed by atoms with Crippen molar-refractivity contribution in [1.82, 2.24) is 10.2 Å². The van der Waals surface area contributed by atoms with E-state index in [-0.39, 0.29) is 0 Å². The number of nitrogens with zero attached hydrogens (tertiary/aromatic N) is 2. The standard InChI is InChI=1S/C14H19N3O2S/c1-2-8-15-14-17-16-13(20-14)11-18-9-10-19-12-6-4-3-5-7-12/h3-7H,2,8-11H2,1H3,(H,15,17). The molecule has 0 radical (unpaired) electrons. The van der Waals surface area contributed by atoms with Crippen molar-refractivity contribution in [3.05, 3.63) is 35.3 Å². The summed E-state index contributed by atoms with van der Waals surface area (Å²) in [6.07, 6.45) is 1.07. The number of rotatable bonds is 9. The number of benzene rings is 1. The molecule has 20 heavy (non-hydrogen) atoms. The SMILES string of the molecule is CCCNc1nnc(COCCOc2ccccc2)s1. The molecule has 0 aliphatic carbocycles. The second-order valence-electron chi connectivity index (χ2n) is 4.14. The number of hydrogen-bond donors (Lipinski definition) is 1. The van der Waals surface area contributed by atoms with Crippen LogP contribution in [0.25, 0.3) is 0 Å². The van der Waals surface area contributed by atoms with Gasteiger partial charge >= 0.3 is 0 Å². The van der Waals surface area contributed by atoms with Gasteiger partial charge in [-0.15, -0.1) is 10.2 Å². The van der Waals surface area contributed by atoms with Gasteiger partial charge in [0.2, 0.25) is 5.13 Å². The molecule has 0 unspecified atom stereocenters. The molecular weight excluding hydrogens is 274 g/mol. The zero-order valence-electron chi connectivity index (χ0n) is 11.5. The molecule has 0 atom stereocenters. The molecule has 0 amide bonds. The fourth-order valence-corrected chi connectivity index (χ4v) is 2.21. The maximum atomic E-state index is 5.53. The Bertz CT molecular complexity index is 490. The molecule has 0 bridgehead atoms. The number of para-hydroxylation sites is 1. The summed E-state index contributed by atoms with van der Waals surface area (Å²) in [5.41, 5.74) is 0. The van der Waals surface area contributed by atoms with E-state index < -0.39 is 0 Å². The van der Waals surface area contributed by atoms with Gasteiger partial charge in [0.15, 0.2) is 0 Å². The number of hydrogen-bond acceptors (Lipinski definition) is 6. The Balaban J connectivity index is 1.60. The lowest BCUT2D eigenvalue weighted by molar-refractivity contribution is 0.0885. The second-order valence-corrected chi connectivity index (χ2v) is 5.20. The Morgan fingerprint density at radius 2 is 2.00 bits per heavy atom. The average Bonchev–Trinajstić information content (AvgIpc) is 2.94. The maximum Gasteiger partial charge on any atom is 0.205 e. The van der Waals surface area contributed by atoms with Crippen molar-refractivity contribution in [2.75, 3.05) is 25.1 Å². The summed E-state index contributed by atoms with van der Waals surface area (Å²) in [4.78, 5) is 0. The van der Waals surface area contributed by atoms with Crippen LogP contribution < -0.4 is 10.1 Å². The highest BCUT2D eigenvalue weighted by Crippen LogP contribution is 2.15. The molecule has 6 heteroatoms. The second kappa shape index (κ2) is 8.50. The topological polar surface area (TPSA) is 56.3 Å². The van der Waals surface area contributed by atoms with E-state index in [1.807, 2.05) is 30.3 Å². The van der Waals surface area contributed by atoms with E-state index in [9.17, 15) is 0 Å². The Morgan fingerprint density at radius 3 is 2.80 bits per heavy atom. The molecule has 2 aromatic rings. The molecule has 1 aromatic heterocycles. The molecule has 2 rings (SSSR count). The third-order valence-electron chi connectivity index (χ3n) is 2.46. The number of anilines is 1. The van der Waals surface area contributed by atoms with Gasteiger partial charge < -0.3 is 14.8 Å². The largest absolute Gasteiger partial charge is 0.491 e. The molecule has 0 aliphatic rings. The van der Waals surface area contributed by atoms with Gasteiger partial charge in [0.1, 0.15) is 24.0 Å². The van der Waals surface area contributed by atoms with Crippen molar-refractivity contribution in [2.45, 2.75) is 20.0 Å². The predicted molar refractivity (Wildman–Crippen MR) is 80.3 cm³/mol. The van der Waals surface area contributed by atoms with Crippen molar-refractivity contribution in [2.24, 2.45) is 0 Å². The van der Waals surface area contributed by atoms with Crippen molar-refractivity contribution in [1.29, 1.82) is 0 Å². The highest BCUT2D eigenvalue weighted by molar-refractivity contribution is 7.15. The Hall–Kier alpha value is -1.66. The molecule has 0 saturated heterocycles. The Labute approximate surface area is 123 Å². The van der Waals surface area contributed by atoms with Gasteiger partial charge in [0.25, 0.3) is 0 Å². The van der Waals surface area contributed by atoms with Crippen molar-refractivity contribution < 1.29 is 9.47 Å². The zero-order valence-corrected chi connectivity index (χ0v) is 12.4. The maximum absolute atomic E-state index is 5.53. The summed E-state index contributed by atoms with van der Waals surface area (Å²) in [6, 6.07) is 9.71. The lowest BCUT2D eigenvalue weighted by Gasteiger charge is -2.05. The van der Waals surface area contributed by atoms with Gasteiger partial charge in [-0.25, -0.2) is 0 Å². The molecule has 1 heterocycles. The van der Waals surface area contributed by atoms with Crippen LogP contribution in [0.4, 0.5) is 5.13 Å². The molecule has 0 aliphatic heterocycles. The molecule has 0 spiro atoms. The van der Waals surface area contributed by atoms with Gasteiger partial charge in [-0.1, -0.05) is 36.5 Å². The van der Waals surface area contributed by atoms with E-state index in [1.165, 1.54) is 11.3 Å². The summed E-state index contributed by atoms with van der Waals surface area (Å²) in [6.45, 7) is 4.57. The summed E-state index contributed by atoms with van der Waals surface area (Å²) < 4.78 is 11.0. The monoisotopic (exact) mass is 293 g/mol. The first kappa shape index (κ1) is 14.7. The summed E-state index contributed by atoms with van der Waals surface area (Å²) >= 11 is 1.53. The van der Waals surface area contributed by atoms with Gasteiger partial charge in [-0.05, 0) is 18.6 Å². The fourth-order valence-electron chi connectivity index (χ4n) is 1.51. The smallest absolute Gasteiger partial charge is 0.205 e. The third kappa shape index (κ3) is 5.14. The minimum absolute atomic E-state index is 0.476. The molecule has 1 N–H and O–H groups in total. The van der Waals surface area contributed by atoms with E-state index in [2.05, 4.69) is 22.4 Å². The fraction of sp³-hybridized carbons (Fsp3) is 0.429. The van der Waals surface area contributed by atoms with Crippen LogP contribution >= 0.6 is 11.3 Å². The number of aromatic nitrogens is 2. The average molecular weight is 293 g/mol. The lowest BCUT2D eigenvalue weighted by Crippen LogP contribution is -2.06. The van der Waals surface area contributed by atoms with Crippen LogP contribution in [0.3, 0.4) is 0 Å². The van der Waals surface area contributed by atoms with Gasteiger partial charge in [-0.2, -0.15) is 0 Å². The van der Waals surface area contributed by atoms with Crippen LogP contribution in [-0.4, -0.2) is 30.0 Å². The summed E-state index contributed by atoms with van der Waals surface area (Å²) in [7, 11) is 0. The van der Waals surface area contributed by atoms with Crippen LogP contribution in [0, 0.1) is 0 Å². The van der Waals surface area contributed by atoms with Crippen LogP contribution in [0.2, 0.25) is 0 Å². The van der Waals surface area contributed by atoms with E-state index >= 15 is 0 Å². The van der Waals surface area contributed by atoms with Gasteiger partial charge in [-0.3, -0.25) is 0 Å². The molecule has 0 fully saturated rings. The Kier molecular flexibility index (Phi) is 6.26. The van der Waals surface area contributed by atoms with E-state index in [0.29, 0.717) is 19.8 Å².